The quantitative estimate of drug-likeness (QED) is 0.811. The molecule has 2 nitrogen and oxygen atoms in total. The Kier molecular flexibility index (Phi) is 4.96. The van der Waals surface area contributed by atoms with E-state index in [0.29, 0.717) is 11.3 Å². The molecule has 112 valence electrons. The highest BCUT2D eigenvalue weighted by molar-refractivity contribution is 9.10. The number of aliphatic hydroxyl groups is 1. The van der Waals surface area contributed by atoms with E-state index in [0.717, 1.165) is 6.07 Å². The molecule has 5 heteroatoms. The number of ether oxygens (including phenoxy) is 1. The van der Waals surface area contributed by atoms with Crippen LogP contribution < -0.4 is 4.74 Å². The van der Waals surface area contributed by atoms with Gasteiger partial charge in [0.1, 0.15) is 23.5 Å². The van der Waals surface area contributed by atoms with Crippen LogP contribution in [0.1, 0.15) is 31.1 Å². The third kappa shape index (κ3) is 3.60. The van der Waals surface area contributed by atoms with E-state index in [2.05, 4.69) is 15.9 Å². The van der Waals surface area contributed by atoms with Gasteiger partial charge in [-0.15, -0.1) is 0 Å². The summed E-state index contributed by atoms with van der Waals surface area (Å²) in [6.07, 6.45) is -1.44. The molecule has 0 bridgehead atoms. The molecular formula is C16H15BrF2O2. The number of hydrogen-bond acceptors (Lipinski definition) is 2. The van der Waals surface area contributed by atoms with Gasteiger partial charge in [0.25, 0.3) is 0 Å². The van der Waals surface area contributed by atoms with Crippen LogP contribution in [0.25, 0.3) is 0 Å². The van der Waals surface area contributed by atoms with Crippen molar-refractivity contribution in [3.05, 3.63) is 63.6 Å². The Balaban J connectivity index is 2.41. The van der Waals surface area contributed by atoms with Gasteiger partial charge in [-0.1, -0.05) is 12.1 Å². The van der Waals surface area contributed by atoms with Crippen LogP contribution >= 0.6 is 15.9 Å². The van der Waals surface area contributed by atoms with Gasteiger partial charge in [-0.3, -0.25) is 0 Å². The molecule has 0 aliphatic rings. The van der Waals surface area contributed by atoms with Gasteiger partial charge in [0.15, 0.2) is 0 Å². The van der Waals surface area contributed by atoms with Gasteiger partial charge in [-0.2, -0.15) is 0 Å². The molecule has 1 N–H and O–H groups in total. The second-order valence-electron chi connectivity index (χ2n) is 4.90. The van der Waals surface area contributed by atoms with Crippen molar-refractivity contribution in [2.24, 2.45) is 0 Å². The van der Waals surface area contributed by atoms with Gasteiger partial charge in [-0.05, 0) is 59.6 Å². The Bertz CT molecular complexity index is 644. The first-order valence-electron chi connectivity index (χ1n) is 6.48. The largest absolute Gasteiger partial charge is 0.491 e. The Morgan fingerprint density at radius 2 is 1.86 bits per heavy atom. The van der Waals surface area contributed by atoms with Crippen LogP contribution in [0.3, 0.4) is 0 Å². The first kappa shape index (κ1) is 15.9. The maximum Gasteiger partial charge on any atom is 0.146 e. The van der Waals surface area contributed by atoms with E-state index >= 15 is 0 Å². The Labute approximate surface area is 130 Å². The van der Waals surface area contributed by atoms with Crippen molar-refractivity contribution in [1.82, 2.24) is 0 Å². The lowest BCUT2D eigenvalue weighted by Gasteiger charge is -2.16. The summed E-state index contributed by atoms with van der Waals surface area (Å²) in [6.45, 7) is 3.74. The van der Waals surface area contributed by atoms with Gasteiger partial charge < -0.3 is 9.84 Å². The average Bonchev–Trinajstić information content (AvgIpc) is 2.43. The Morgan fingerprint density at radius 1 is 1.14 bits per heavy atom. The molecule has 0 radical (unpaired) electrons. The summed E-state index contributed by atoms with van der Waals surface area (Å²) >= 11 is 2.99. The van der Waals surface area contributed by atoms with Crippen molar-refractivity contribution in [2.75, 3.05) is 0 Å². The van der Waals surface area contributed by atoms with E-state index < -0.39 is 17.7 Å². The fourth-order valence-corrected chi connectivity index (χ4v) is 2.34. The van der Waals surface area contributed by atoms with E-state index in [1.54, 1.807) is 24.3 Å². The molecule has 0 saturated carbocycles. The molecule has 1 unspecified atom stereocenters. The molecule has 0 aromatic heterocycles. The smallest absolute Gasteiger partial charge is 0.146 e. The van der Waals surface area contributed by atoms with E-state index in [4.69, 9.17) is 4.74 Å². The maximum absolute atomic E-state index is 14.0. The van der Waals surface area contributed by atoms with E-state index in [1.165, 1.54) is 6.07 Å². The van der Waals surface area contributed by atoms with Crippen LogP contribution in [0.15, 0.2) is 40.9 Å². The van der Waals surface area contributed by atoms with Crippen LogP contribution in [0.2, 0.25) is 0 Å². The zero-order valence-electron chi connectivity index (χ0n) is 11.6. The molecule has 0 spiro atoms. The summed E-state index contributed by atoms with van der Waals surface area (Å²) in [6, 6.07) is 8.94. The molecule has 21 heavy (non-hydrogen) atoms. The number of hydrogen-bond donors (Lipinski definition) is 1. The molecule has 0 fully saturated rings. The zero-order valence-corrected chi connectivity index (χ0v) is 13.2. The summed E-state index contributed by atoms with van der Waals surface area (Å²) in [5.74, 6) is -1.06. The van der Waals surface area contributed by atoms with Crippen molar-refractivity contribution < 1.29 is 18.6 Å². The highest BCUT2D eigenvalue weighted by atomic mass is 79.9. The summed E-state index contributed by atoms with van der Waals surface area (Å²) in [5.41, 5.74) is -0.0184. The van der Waals surface area contributed by atoms with Crippen molar-refractivity contribution in [3.63, 3.8) is 0 Å². The standard InChI is InChI=1S/C16H15BrF2O2/c1-9(2)21-11-5-3-4-10(8-11)16(20)14-13(18)7-6-12(17)15(14)19/h3-9,16,20H,1-2H3. The van der Waals surface area contributed by atoms with Crippen molar-refractivity contribution in [1.29, 1.82) is 0 Å². The Morgan fingerprint density at radius 3 is 2.52 bits per heavy atom. The van der Waals surface area contributed by atoms with Crippen LogP contribution in [0, 0.1) is 11.6 Å². The van der Waals surface area contributed by atoms with Crippen molar-refractivity contribution >= 4 is 15.9 Å². The maximum atomic E-state index is 14.0. The lowest BCUT2D eigenvalue weighted by Crippen LogP contribution is -2.08. The number of halogens is 3. The zero-order chi connectivity index (χ0) is 15.6. The normalized spacial score (nSPS) is 12.5. The fraction of sp³-hybridized carbons (Fsp3) is 0.250. The van der Waals surface area contributed by atoms with Crippen LogP contribution in [-0.4, -0.2) is 11.2 Å². The summed E-state index contributed by atoms with van der Waals surface area (Å²) in [7, 11) is 0. The number of benzene rings is 2. The Hall–Kier alpha value is -1.46. The summed E-state index contributed by atoms with van der Waals surface area (Å²) in [5, 5.41) is 10.3. The van der Waals surface area contributed by atoms with Gasteiger partial charge in [0, 0.05) is 0 Å². The van der Waals surface area contributed by atoms with Crippen molar-refractivity contribution in [3.8, 4) is 5.75 Å². The third-order valence-corrected chi connectivity index (χ3v) is 3.51. The van der Waals surface area contributed by atoms with Crippen LogP contribution in [0.5, 0.6) is 5.75 Å². The molecular weight excluding hydrogens is 342 g/mol. The monoisotopic (exact) mass is 356 g/mol. The minimum Gasteiger partial charge on any atom is -0.491 e. The summed E-state index contributed by atoms with van der Waals surface area (Å²) in [4.78, 5) is 0. The van der Waals surface area contributed by atoms with E-state index in [1.807, 2.05) is 13.8 Å². The van der Waals surface area contributed by atoms with Crippen LogP contribution in [0.4, 0.5) is 8.78 Å². The third-order valence-electron chi connectivity index (χ3n) is 2.90. The van der Waals surface area contributed by atoms with Gasteiger partial charge in [0.2, 0.25) is 0 Å². The molecule has 0 saturated heterocycles. The highest BCUT2D eigenvalue weighted by Crippen LogP contribution is 2.32. The van der Waals surface area contributed by atoms with E-state index in [9.17, 15) is 13.9 Å². The highest BCUT2D eigenvalue weighted by Gasteiger charge is 2.22. The predicted octanol–water partition coefficient (Wildman–Crippen LogP) is 4.60. The average molecular weight is 357 g/mol. The van der Waals surface area contributed by atoms with Gasteiger partial charge in [0.05, 0.1) is 16.1 Å². The molecule has 0 aliphatic heterocycles. The first-order chi connectivity index (χ1) is 9.90. The lowest BCUT2D eigenvalue weighted by molar-refractivity contribution is 0.206. The first-order valence-corrected chi connectivity index (χ1v) is 7.27. The minimum atomic E-state index is -1.40. The second-order valence-corrected chi connectivity index (χ2v) is 5.75. The number of aliphatic hydroxyl groups excluding tert-OH is 1. The van der Waals surface area contributed by atoms with Crippen molar-refractivity contribution in [2.45, 2.75) is 26.1 Å². The molecule has 0 amide bonds. The molecule has 2 rings (SSSR count). The number of rotatable bonds is 4. The van der Waals surface area contributed by atoms with Crippen LogP contribution in [-0.2, 0) is 0 Å². The fourth-order valence-electron chi connectivity index (χ4n) is 1.99. The topological polar surface area (TPSA) is 29.5 Å². The minimum absolute atomic E-state index is 0.0308. The molecule has 1 atom stereocenters. The molecule has 2 aromatic carbocycles. The van der Waals surface area contributed by atoms with E-state index in [-0.39, 0.29) is 16.1 Å². The summed E-state index contributed by atoms with van der Waals surface area (Å²) < 4.78 is 33.5. The molecule has 2 aromatic rings. The predicted molar refractivity (Wildman–Crippen MR) is 80.3 cm³/mol. The molecule has 0 aliphatic carbocycles. The lowest BCUT2D eigenvalue weighted by atomic mass is 10.0. The van der Waals surface area contributed by atoms with Gasteiger partial charge >= 0.3 is 0 Å². The SMILES string of the molecule is CC(C)Oc1cccc(C(O)c2c(F)ccc(Br)c2F)c1. The molecule has 0 heterocycles. The second kappa shape index (κ2) is 6.54. The van der Waals surface area contributed by atoms with Gasteiger partial charge in [-0.25, -0.2) is 8.78 Å².